The Morgan fingerprint density at radius 3 is 1.37 bits per heavy atom. The fourth-order valence-corrected chi connectivity index (χ4v) is 4.03. The average Bonchev–Trinajstić information content (AvgIpc) is 2.78. The van der Waals surface area contributed by atoms with Crippen LogP contribution in [0.4, 0.5) is 0 Å². The summed E-state index contributed by atoms with van der Waals surface area (Å²) in [7, 11) is 0. The summed E-state index contributed by atoms with van der Waals surface area (Å²) in [5.41, 5.74) is 0. The number of aliphatic carboxylic acids is 3. The van der Waals surface area contributed by atoms with E-state index in [1.807, 2.05) is 4.90 Å². The van der Waals surface area contributed by atoms with Crippen LogP contribution in [0.1, 0.15) is 110 Å². The second-order valence-corrected chi connectivity index (χ2v) is 9.29. The predicted molar refractivity (Wildman–Crippen MR) is 135 cm³/mol. The number of carbonyl (C=O) groups is 4. The van der Waals surface area contributed by atoms with Gasteiger partial charge in [0, 0.05) is 45.3 Å². The van der Waals surface area contributed by atoms with Gasteiger partial charge >= 0.3 is 17.9 Å². The highest BCUT2D eigenvalue weighted by Crippen LogP contribution is 2.12. The lowest BCUT2D eigenvalue weighted by atomic mass is 10.1. The number of carbonyl (C=O) groups excluding carboxylic acids is 1. The molecule has 0 unspecified atom stereocenters. The van der Waals surface area contributed by atoms with E-state index in [0.29, 0.717) is 58.4 Å². The van der Waals surface area contributed by atoms with Gasteiger partial charge in [-0.1, -0.05) is 58.3 Å². The lowest BCUT2D eigenvalue weighted by Gasteiger charge is -2.28. The molecule has 0 fully saturated rings. The Balaban J connectivity index is 4.61. The lowest BCUT2D eigenvalue weighted by Crippen LogP contribution is -2.40. The fraction of sp³-hybridized carbons (Fsp3) is 0.846. The normalized spacial score (nSPS) is 11.0. The van der Waals surface area contributed by atoms with Crippen LogP contribution in [0.5, 0.6) is 0 Å². The molecular formula is C26H48N2O7. The summed E-state index contributed by atoms with van der Waals surface area (Å²) in [4.78, 5) is 49.2. The maximum absolute atomic E-state index is 12.8. The first-order chi connectivity index (χ1) is 16.8. The lowest BCUT2D eigenvalue weighted by molar-refractivity contribution is -0.138. The molecule has 0 aromatic rings. The molecule has 9 heteroatoms. The standard InChI is InChI=1S/C26H48N2O7/c1-2-3-4-5-6-7-8-9-10-14-23(29)28(20-13-17-26(34)35)22-21-27(18-11-15-24(30)31)19-12-16-25(32)33/h2-22H2,1H3,(H,30,31)(H,32,33)(H,34,35). The molecule has 1 amide bonds. The third-order valence-electron chi connectivity index (χ3n) is 6.08. The highest BCUT2D eigenvalue weighted by atomic mass is 16.4. The molecule has 0 bridgehead atoms. The predicted octanol–water partition coefficient (Wildman–Crippen LogP) is 4.63. The van der Waals surface area contributed by atoms with Gasteiger partial charge in [0.1, 0.15) is 0 Å². The number of unbranched alkanes of at least 4 members (excludes halogenated alkanes) is 8. The summed E-state index contributed by atoms with van der Waals surface area (Å²) in [6.45, 7) is 4.55. The van der Waals surface area contributed by atoms with E-state index in [1.165, 1.54) is 38.5 Å². The van der Waals surface area contributed by atoms with Gasteiger partial charge in [-0.05, 0) is 38.8 Å². The van der Waals surface area contributed by atoms with Gasteiger partial charge in [0.15, 0.2) is 0 Å². The zero-order valence-corrected chi connectivity index (χ0v) is 21.7. The monoisotopic (exact) mass is 500 g/mol. The quantitative estimate of drug-likeness (QED) is 0.154. The van der Waals surface area contributed by atoms with Crippen LogP contribution in [0.3, 0.4) is 0 Å². The van der Waals surface area contributed by atoms with Crippen LogP contribution >= 0.6 is 0 Å². The van der Waals surface area contributed by atoms with Gasteiger partial charge in [-0.25, -0.2) is 0 Å². The molecule has 0 aromatic heterocycles. The van der Waals surface area contributed by atoms with Crippen molar-refractivity contribution in [2.75, 3.05) is 32.7 Å². The summed E-state index contributed by atoms with van der Waals surface area (Å²) in [6, 6.07) is 0. The minimum absolute atomic E-state index is 0.00273. The second kappa shape index (κ2) is 22.3. The van der Waals surface area contributed by atoms with Crippen molar-refractivity contribution in [3.8, 4) is 0 Å². The van der Waals surface area contributed by atoms with Crippen molar-refractivity contribution in [3.63, 3.8) is 0 Å². The Bertz CT molecular complexity index is 578. The van der Waals surface area contributed by atoms with Crippen molar-refractivity contribution in [1.82, 2.24) is 9.80 Å². The first-order valence-electron chi connectivity index (χ1n) is 13.4. The first-order valence-corrected chi connectivity index (χ1v) is 13.4. The molecule has 35 heavy (non-hydrogen) atoms. The van der Waals surface area contributed by atoms with Crippen LogP contribution in [-0.2, 0) is 19.2 Å². The average molecular weight is 501 g/mol. The molecule has 0 aliphatic rings. The van der Waals surface area contributed by atoms with Crippen LogP contribution in [0.2, 0.25) is 0 Å². The molecule has 0 atom stereocenters. The van der Waals surface area contributed by atoms with Crippen molar-refractivity contribution in [3.05, 3.63) is 0 Å². The summed E-state index contributed by atoms with van der Waals surface area (Å²) in [5, 5.41) is 26.7. The Kier molecular flexibility index (Phi) is 20.9. The number of hydrogen-bond acceptors (Lipinski definition) is 5. The van der Waals surface area contributed by atoms with Crippen molar-refractivity contribution >= 4 is 23.8 Å². The van der Waals surface area contributed by atoms with Gasteiger partial charge < -0.3 is 25.1 Å². The molecule has 3 N–H and O–H groups in total. The molecule has 0 aliphatic carbocycles. The van der Waals surface area contributed by atoms with Crippen molar-refractivity contribution in [2.24, 2.45) is 0 Å². The highest BCUT2D eigenvalue weighted by Gasteiger charge is 2.16. The number of hydrogen-bond donors (Lipinski definition) is 3. The van der Waals surface area contributed by atoms with E-state index in [0.717, 1.165) is 19.3 Å². The van der Waals surface area contributed by atoms with Crippen LogP contribution in [-0.4, -0.2) is 81.7 Å². The summed E-state index contributed by atoms with van der Waals surface area (Å²) in [5.74, 6) is -2.61. The molecule has 204 valence electrons. The van der Waals surface area contributed by atoms with E-state index in [1.54, 1.807) is 4.90 Å². The molecule has 9 nitrogen and oxygen atoms in total. The van der Waals surface area contributed by atoms with Gasteiger partial charge in [-0.2, -0.15) is 0 Å². The molecule has 0 aromatic carbocycles. The number of rotatable bonds is 25. The zero-order chi connectivity index (χ0) is 26.3. The SMILES string of the molecule is CCCCCCCCCCCC(=O)N(CCCC(=O)O)CCN(CCCC(=O)O)CCCC(=O)O. The van der Waals surface area contributed by atoms with Crippen molar-refractivity contribution in [1.29, 1.82) is 0 Å². The van der Waals surface area contributed by atoms with E-state index in [9.17, 15) is 19.2 Å². The summed E-state index contributed by atoms with van der Waals surface area (Å²) in [6.07, 6.45) is 12.3. The zero-order valence-electron chi connectivity index (χ0n) is 21.7. The van der Waals surface area contributed by atoms with Crippen LogP contribution in [0, 0.1) is 0 Å². The Morgan fingerprint density at radius 2 is 0.914 bits per heavy atom. The third-order valence-corrected chi connectivity index (χ3v) is 6.08. The fourth-order valence-electron chi connectivity index (χ4n) is 4.03. The van der Waals surface area contributed by atoms with Gasteiger partial charge in [-0.3, -0.25) is 19.2 Å². The Morgan fingerprint density at radius 1 is 0.486 bits per heavy atom. The summed E-state index contributed by atoms with van der Waals surface area (Å²) < 4.78 is 0. The van der Waals surface area contributed by atoms with Gasteiger partial charge in [0.05, 0.1) is 0 Å². The van der Waals surface area contributed by atoms with Crippen LogP contribution in [0.15, 0.2) is 0 Å². The van der Waals surface area contributed by atoms with Crippen molar-refractivity contribution in [2.45, 2.75) is 110 Å². The highest BCUT2D eigenvalue weighted by molar-refractivity contribution is 5.76. The first kappa shape index (κ1) is 32.8. The van der Waals surface area contributed by atoms with Gasteiger partial charge in [0.25, 0.3) is 0 Å². The molecule has 0 aliphatic heterocycles. The molecule has 0 saturated heterocycles. The maximum atomic E-state index is 12.8. The van der Waals surface area contributed by atoms with Gasteiger partial charge in [0.2, 0.25) is 5.91 Å². The van der Waals surface area contributed by atoms with E-state index < -0.39 is 17.9 Å². The largest absolute Gasteiger partial charge is 0.481 e. The molecule has 0 rings (SSSR count). The Hall–Kier alpha value is -2.16. The van der Waals surface area contributed by atoms with Gasteiger partial charge in [-0.15, -0.1) is 0 Å². The molecular weight excluding hydrogens is 452 g/mol. The summed E-state index contributed by atoms with van der Waals surface area (Å²) >= 11 is 0. The molecule has 0 heterocycles. The molecule has 0 radical (unpaired) electrons. The van der Waals surface area contributed by atoms with E-state index in [4.69, 9.17) is 15.3 Å². The number of carboxylic acids is 3. The third kappa shape index (κ3) is 22.1. The maximum Gasteiger partial charge on any atom is 0.303 e. The van der Waals surface area contributed by atoms with E-state index in [2.05, 4.69) is 6.92 Å². The van der Waals surface area contributed by atoms with Crippen LogP contribution < -0.4 is 0 Å². The number of carboxylic acid groups (broad SMARTS) is 3. The topological polar surface area (TPSA) is 135 Å². The minimum Gasteiger partial charge on any atom is -0.481 e. The Labute approximate surface area is 210 Å². The molecule has 0 saturated carbocycles. The number of amides is 1. The number of nitrogens with zero attached hydrogens (tertiary/aromatic N) is 2. The van der Waals surface area contributed by atoms with Crippen molar-refractivity contribution < 1.29 is 34.5 Å². The molecule has 0 spiro atoms. The minimum atomic E-state index is -0.889. The van der Waals surface area contributed by atoms with E-state index in [-0.39, 0.29) is 25.2 Å². The second-order valence-electron chi connectivity index (χ2n) is 9.29. The van der Waals surface area contributed by atoms with Crippen LogP contribution in [0.25, 0.3) is 0 Å². The van der Waals surface area contributed by atoms with E-state index >= 15 is 0 Å². The smallest absolute Gasteiger partial charge is 0.303 e.